The van der Waals surface area contributed by atoms with Gasteiger partial charge in [-0.05, 0) is 127 Å². The first kappa shape index (κ1) is 32.5. The summed E-state index contributed by atoms with van der Waals surface area (Å²) in [6.07, 6.45) is 17.9. The Morgan fingerprint density at radius 2 is 1.68 bits per heavy atom. The number of hydrogen-bond donors (Lipinski definition) is 0. The highest BCUT2D eigenvalue weighted by molar-refractivity contribution is 6.09. The zero-order chi connectivity index (χ0) is 37.9. The van der Waals surface area contributed by atoms with Crippen molar-refractivity contribution in [2.75, 3.05) is 0 Å². The number of para-hydroxylation sites is 1. The van der Waals surface area contributed by atoms with Gasteiger partial charge in [-0.15, -0.1) is 0 Å². The lowest BCUT2D eigenvalue weighted by Gasteiger charge is -2.24. The molecule has 8 aromatic rings. The minimum atomic E-state index is -0.0555. The molecule has 0 radical (unpaired) electrons. The highest BCUT2D eigenvalue weighted by Gasteiger charge is 2.27. The van der Waals surface area contributed by atoms with Crippen LogP contribution >= 0.6 is 0 Å². The van der Waals surface area contributed by atoms with E-state index in [1.807, 2.05) is 6.07 Å². The van der Waals surface area contributed by atoms with E-state index in [1.165, 1.54) is 71.6 Å². The molecule has 0 amide bonds. The lowest BCUT2D eigenvalue weighted by molar-refractivity contribution is 0.461. The first-order valence-electron chi connectivity index (χ1n) is 20.2. The van der Waals surface area contributed by atoms with Gasteiger partial charge in [0, 0.05) is 68.0 Å². The molecule has 0 saturated heterocycles. The van der Waals surface area contributed by atoms with Gasteiger partial charge in [0.05, 0.1) is 23.1 Å². The minimum absolute atomic E-state index is 0.0555. The van der Waals surface area contributed by atoms with Gasteiger partial charge in [0.25, 0.3) is 0 Å². The number of allylic oxidation sites excluding steroid dienone is 6. The molecule has 3 aliphatic carbocycles. The molecule has 57 heavy (non-hydrogen) atoms. The summed E-state index contributed by atoms with van der Waals surface area (Å²) < 4.78 is 17.9. The number of rotatable bonds is 3. The summed E-state index contributed by atoms with van der Waals surface area (Å²) in [4.78, 5) is 0. The molecule has 4 aliphatic rings. The first-order chi connectivity index (χ1) is 28.0. The number of ether oxygens (including phenoxy) is 1. The van der Waals surface area contributed by atoms with Crippen LogP contribution in [0.1, 0.15) is 70.6 Å². The van der Waals surface area contributed by atoms with Crippen LogP contribution < -0.4 is 4.74 Å². The second kappa shape index (κ2) is 12.1. The smallest absolute Gasteiger partial charge is 0.135 e. The third-order valence-electron chi connectivity index (χ3n) is 12.8. The average Bonchev–Trinajstić information content (AvgIpc) is 3.87. The van der Waals surface area contributed by atoms with Gasteiger partial charge < -0.3 is 18.3 Å². The van der Waals surface area contributed by atoms with Crippen molar-refractivity contribution in [2.45, 2.75) is 52.0 Å². The number of nitrogens with zero attached hydrogens (tertiary/aromatic N) is 3. The molecule has 12 rings (SSSR count). The lowest BCUT2D eigenvalue weighted by Crippen LogP contribution is -2.12. The molecule has 2 unspecified atom stereocenters. The van der Waals surface area contributed by atoms with E-state index < -0.39 is 0 Å². The molecule has 0 spiro atoms. The minimum Gasteiger partial charge on any atom is -0.457 e. The predicted molar refractivity (Wildman–Crippen MR) is 231 cm³/mol. The lowest BCUT2D eigenvalue weighted by atomic mass is 9.91. The van der Waals surface area contributed by atoms with E-state index in [-0.39, 0.29) is 6.04 Å². The van der Waals surface area contributed by atoms with Gasteiger partial charge in [-0.25, -0.2) is 0 Å². The number of benzene rings is 5. The van der Waals surface area contributed by atoms with Crippen LogP contribution in [-0.4, -0.2) is 9.13 Å². The number of aryl methyl sites for hydroxylation is 2. The summed E-state index contributed by atoms with van der Waals surface area (Å²) in [6, 6.07) is 35.7. The predicted octanol–water partition coefficient (Wildman–Crippen LogP) is 13.1. The van der Waals surface area contributed by atoms with Crippen molar-refractivity contribution in [3.05, 3.63) is 166 Å². The van der Waals surface area contributed by atoms with Crippen molar-refractivity contribution in [1.82, 2.24) is 9.13 Å². The molecular formula is C52H39N3O2. The molecule has 2 atom stereocenters. The Hall–Kier alpha value is -6.77. The molecule has 3 aromatic heterocycles. The van der Waals surface area contributed by atoms with Gasteiger partial charge in [-0.1, -0.05) is 67.6 Å². The van der Waals surface area contributed by atoms with Crippen LogP contribution in [0.2, 0.25) is 0 Å². The standard InChI is InChI=1S/C52H39N3O2/c1-30-15-17-50-43(18-30)44-26-48-42(28-52(44)57-50)39-11-4-5-12-45(39)54(48)37-10-7-9-33(23-37)35-20-32(29-53)21-38(24-35)55-46-19-31(2)14-16-40(46)41-27-51-36(25-47(41)55)22-34-8-3-6-13-49(34)56-51/h3,5-10,12-17,19-20,23-28,30,38H,4,11,18,21-22H2,1-2H3. The van der Waals surface area contributed by atoms with Crippen LogP contribution in [0.25, 0.3) is 67.1 Å². The second-order valence-electron chi connectivity index (χ2n) is 16.5. The normalized spacial score (nSPS) is 18.2. The zero-order valence-electron chi connectivity index (χ0n) is 32.0. The van der Waals surface area contributed by atoms with Crippen molar-refractivity contribution >= 4 is 61.4 Å². The molecule has 0 fully saturated rings. The third-order valence-corrected chi connectivity index (χ3v) is 12.8. The molecule has 0 saturated carbocycles. The largest absolute Gasteiger partial charge is 0.457 e. The molecule has 5 aromatic carbocycles. The number of furan rings is 1. The topological polar surface area (TPSA) is 56.0 Å². The van der Waals surface area contributed by atoms with E-state index in [0.717, 1.165) is 70.9 Å². The van der Waals surface area contributed by atoms with Gasteiger partial charge in [-0.2, -0.15) is 5.26 Å². The number of hydrogen-bond acceptors (Lipinski definition) is 3. The van der Waals surface area contributed by atoms with Crippen molar-refractivity contribution in [3.8, 4) is 23.3 Å². The average molecular weight is 738 g/mol. The molecule has 274 valence electrons. The van der Waals surface area contributed by atoms with Gasteiger partial charge in [0.15, 0.2) is 0 Å². The fourth-order valence-electron chi connectivity index (χ4n) is 10.1. The summed E-state index contributed by atoms with van der Waals surface area (Å²) >= 11 is 0. The van der Waals surface area contributed by atoms with Crippen molar-refractivity contribution in [1.29, 1.82) is 5.26 Å². The van der Waals surface area contributed by atoms with Crippen molar-refractivity contribution < 1.29 is 9.15 Å². The van der Waals surface area contributed by atoms with E-state index in [0.29, 0.717) is 12.3 Å². The fourth-order valence-corrected chi connectivity index (χ4v) is 10.1. The Bertz CT molecular complexity index is 3240. The maximum Gasteiger partial charge on any atom is 0.135 e. The van der Waals surface area contributed by atoms with Crippen LogP contribution in [-0.2, 0) is 19.3 Å². The molecule has 5 heteroatoms. The summed E-state index contributed by atoms with van der Waals surface area (Å²) in [5.41, 5.74) is 16.1. The zero-order valence-corrected chi connectivity index (χ0v) is 32.0. The van der Waals surface area contributed by atoms with Gasteiger partial charge >= 0.3 is 0 Å². The Morgan fingerprint density at radius 1 is 0.772 bits per heavy atom. The Morgan fingerprint density at radius 3 is 2.61 bits per heavy atom. The maximum absolute atomic E-state index is 10.5. The summed E-state index contributed by atoms with van der Waals surface area (Å²) in [7, 11) is 0. The van der Waals surface area contributed by atoms with Crippen molar-refractivity contribution in [3.63, 3.8) is 0 Å². The summed E-state index contributed by atoms with van der Waals surface area (Å²) in [5.74, 6) is 3.33. The number of aromatic nitrogens is 2. The van der Waals surface area contributed by atoms with E-state index in [4.69, 9.17) is 9.15 Å². The summed E-state index contributed by atoms with van der Waals surface area (Å²) in [6.45, 7) is 4.43. The monoisotopic (exact) mass is 737 g/mol. The van der Waals surface area contributed by atoms with E-state index in [1.54, 1.807) is 0 Å². The van der Waals surface area contributed by atoms with E-state index in [2.05, 4.69) is 150 Å². The van der Waals surface area contributed by atoms with Crippen LogP contribution in [0.4, 0.5) is 0 Å². The highest BCUT2D eigenvalue weighted by Crippen LogP contribution is 2.45. The Kier molecular flexibility index (Phi) is 6.90. The quantitative estimate of drug-likeness (QED) is 0.181. The molecule has 0 bridgehead atoms. The number of nitriles is 1. The van der Waals surface area contributed by atoms with Crippen molar-refractivity contribution in [2.24, 2.45) is 5.92 Å². The van der Waals surface area contributed by atoms with Gasteiger partial charge in [-0.3, -0.25) is 0 Å². The fraction of sp³-hybridized carbons (Fsp3) is 0.173. The molecule has 4 heterocycles. The van der Waals surface area contributed by atoms with Crippen LogP contribution in [0.15, 0.2) is 125 Å². The first-order valence-corrected chi connectivity index (χ1v) is 20.2. The third kappa shape index (κ3) is 4.93. The Balaban J connectivity index is 1.02. The molecular weight excluding hydrogens is 699 g/mol. The van der Waals surface area contributed by atoms with Crippen LogP contribution in [0.5, 0.6) is 11.5 Å². The van der Waals surface area contributed by atoms with E-state index in [9.17, 15) is 5.26 Å². The van der Waals surface area contributed by atoms with Crippen LogP contribution in [0, 0.1) is 24.2 Å². The summed E-state index contributed by atoms with van der Waals surface area (Å²) in [5, 5.41) is 15.4. The van der Waals surface area contributed by atoms with E-state index >= 15 is 0 Å². The SMILES string of the molecule is Cc1ccc2c3cc4c(cc3n(C3C=C(c5cccc(-n6c7c(c8cc9oc%10c(c9cc86)CC(C)C=C%10)CCC=C7)c5)C=C(C#N)C3)c2c1)Cc1ccccc1O4. The Labute approximate surface area is 330 Å². The van der Waals surface area contributed by atoms with Crippen LogP contribution in [0.3, 0.4) is 0 Å². The molecule has 1 aliphatic heterocycles. The van der Waals surface area contributed by atoms with Gasteiger partial charge in [0.2, 0.25) is 0 Å². The van der Waals surface area contributed by atoms with Gasteiger partial charge in [0.1, 0.15) is 22.8 Å². The maximum atomic E-state index is 10.5. The molecule has 0 N–H and O–H groups in total. The number of fused-ring (bicyclic) bond motifs is 11. The second-order valence-corrected chi connectivity index (χ2v) is 16.5. The highest BCUT2D eigenvalue weighted by atomic mass is 16.5. The molecule has 5 nitrogen and oxygen atoms in total.